The lowest BCUT2D eigenvalue weighted by Crippen LogP contribution is -2.23. The van der Waals surface area contributed by atoms with Crippen molar-refractivity contribution < 1.29 is 4.79 Å². The van der Waals surface area contributed by atoms with Gasteiger partial charge in [0.15, 0.2) is 0 Å². The van der Waals surface area contributed by atoms with Gasteiger partial charge in [-0.15, -0.1) is 11.3 Å². The highest BCUT2D eigenvalue weighted by molar-refractivity contribution is 7.09. The number of thiophene rings is 1. The number of amides is 1. The van der Waals surface area contributed by atoms with E-state index in [-0.39, 0.29) is 12.5 Å². The first kappa shape index (κ1) is 13.3. The molecule has 3 N–H and O–H groups in total. The first-order valence-corrected chi connectivity index (χ1v) is 6.78. The van der Waals surface area contributed by atoms with Crippen LogP contribution in [-0.4, -0.2) is 12.5 Å². The van der Waals surface area contributed by atoms with Crippen LogP contribution < -0.4 is 11.1 Å². The maximum Gasteiger partial charge on any atom is 0.252 e. The number of hydrogen-bond donors (Lipinski definition) is 2. The molecule has 0 radical (unpaired) electrons. The molecule has 0 spiro atoms. The zero-order chi connectivity index (χ0) is 13.5. The predicted octanol–water partition coefficient (Wildman–Crippen LogP) is 1.99. The number of carbonyl (C=O) groups excluding carboxylic acids is 1. The van der Waals surface area contributed by atoms with Crippen molar-refractivity contribution >= 4 is 17.2 Å². The van der Waals surface area contributed by atoms with E-state index < -0.39 is 0 Å². The van der Waals surface area contributed by atoms with Crippen molar-refractivity contribution in [2.45, 2.75) is 6.54 Å². The fourth-order valence-electron chi connectivity index (χ4n) is 1.61. The SMILES string of the molecule is NCC#Cc1ccccc1C(=O)NCc1cccs1. The maximum atomic E-state index is 12.1. The quantitative estimate of drug-likeness (QED) is 0.838. The molecule has 96 valence electrons. The molecule has 2 rings (SSSR count). The van der Waals surface area contributed by atoms with Gasteiger partial charge in [0, 0.05) is 10.4 Å². The van der Waals surface area contributed by atoms with Crippen LogP contribution in [0.1, 0.15) is 20.8 Å². The number of nitrogens with one attached hydrogen (secondary N) is 1. The summed E-state index contributed by atoms with van der Waals surface area (Å²) in [5.74, 6) is 5.57. The second-order valence-electron chi connectivity index (χ2n) is 3.81. The molecule has 0 aliphatic heterocycles. The summed E-state index contributed by atoms with van der Waals surface area (Å²) in [4.78, 5) is 13.2. The van der Waals surface area contributed by atoms with E-state index in [1.165, 1.54) is 0 Å². The van der Waals surface area contributed by atoms with Crippen LogP contribution >= 0.6 is 11.3 Å². The van der Waals surface area contributed by atoms with Gasteiger partial charge in [-0.25, -0.2) is 0 Å². The normalized spacial score (nSPS) is 9.53. The van der Waals surface area contributed by atoms with Gasteiger partial charge in [0.05, 0.1) is 18.7 Å². The van der Waals surface area contributed by atoms with Crippen LogP contribution in [0, 0.1) is 11.8 Å². The van der Waals surface area contributed by atoms with Gasteiger partial charge in [-0.1, -0.05) is 30.0 Å². The third-order valence-electron chi connectivity index (χ3n) is 2.50. The Hall–Kier alpha value is -2.09. The van der Waals surface area contributed by atoms with Crippen molar-refractivity contribution in [3.05, 3.63) is 57.8 Å². The number of hydrogen-bond acceptors (Lipinski definition) is 3. The molecule has 2 aromatic rings. The summed E-state index contributed by atoms with van der Waals surface area (Å²) in [5, 5.41) is 4.88. The van der Waals surface area contributed by atoms with Crippen LogP contribution in [0.15, 0.2) is 41.8 Å². The molecule has 0 aliphatic rings. The van der Waals surface area contributed by atoms with Crippen molar-refractivity contribution in [3.63, 3.8) is 0 Å². The Bertz CT molecular complexity index is 609. The van der Waals surface area contributed by atoms with Gasteiger partial charge in [0.2, 0.25) is 0 Å². The molecule has 0 atom stereocenters. The molecule has 0 bridgehead atoms. The van der Waals surface area contributed by atoms with E-state index in [1.54, 1.807) is 17.4 Å². The Balaban J connectivity index is 2.10. The van der Waals surface area contributed by atoms with E-state index in [0.717, 1.165) is 4.88 Å². The molecule has 1 aromatic heterocycles. The van der Waals surface area contributed by atoms with Gasteiger partial charge in [0.1, 0.15) is 0 Å². The minimum absolute atomic E-state index is 0.115. The largest absolute Gasteiger partial charge is 0.347 e. The smallest absolute Gasteiger partial charge is 0.252 e. The Morgan fingerprint density at radius 3 is 2.84 bits per heavy atom. The van der Waals surface area contributed by atoms with Gasteiger partial charge in [-0.2, -0.15) is 0 Å². The van der Waals surface area contributed by atoms with E-state index in [4.69, 9.17) is 5.73 Å². The number of nitrogens with two attached hydrogens (primary N) is 1. The third kappa shape index (κ3) is 3.68. The summed E-state index contributed by atoms with van der Waals surface area (Å²) in [6.07, 6.45) is 0. The van der Waals surface area contributed by atoms with Crippen LogP contribution in [-0.2, 0) is 6.54 Å². The number of benzene rings is 1. The highest BCUT2D eigenvalue weighted by Gasteiger charge is 2.09. The Morgan fingerprint density at radius 2 is 2.11 bits per heavy atom. The van der Waals surface area contributed by atoms with Crippen molar-refractivity contribution in [3.8, 4) is 11.8 Å². The van der Waals surface area contributed by atoms with Gasteiger partial charge >= 0.3 is 0 Å². The summed E-state index contributed by atoms with van der Waals surface area (Å²) in [5.41, 5.74) is 6.64. The van der Waals surface area contributed by atoms with E-state index >= 15 is 0 Å². The highest BCUT2D eigenvalue weighted by Crippen LogP contribution is 2.10. The summed E-state index contributed by atoms with van der Waals surface area (Å²) in [7, 11) is 0. The monoisotopic (exact) mass is 270 g/mol. The minimum Gasteiger partial charge on any atom is -0.347 e. The molecule has 19 heavy (non-hydrogen) atoms. The Kier molecular flexibility index (Phi) is 4.73. The van der Waals surface area contributed by atoms with Gasteiger partial charge in [-0.05, 0) is 23.6 Å². The summed E-state index contributed by atoms with van der Waals surface area (Å²) in [6.45, 7) is 0.820. The maximum absolute atomic E-state index is 12.1. The summed E-state index contributed by atoms with van der Waals surface area (Å²) in [6, 6.07) is 11.2. The average Bonchev–Trinajstić information content (AvgIpc) is 2.96. The molecule has 0 fully saturated rings. The molecule has 3 nitrogen and oxygen atoms in total. The van der Waals surface area contributed by atoms with Crippen LogP contribution in [0.5, 0.6) is 0 Å². The lowest BCUT2D eigenvalue weighted by molar-refractivity contribution is 0.0951. The zero-order valence-electron chi connectivity index (χ0n) is 10.3. The second-order valence-corrected chi connectivity index (χ2v) is 4.85. The zero-order valence-corrected chi connectivity index (χ0v) is 11.2. The van der Waals surface area contributed by atoms with Crippen LogP contribution in [0.3, 0.4) is 0 Å². The summed E-state index contributed by atoms with van der Waals surface area (Å²) < 4.78 is 0. The van der Waals surface area contributed by atoms with Crippen molar-refractivity contribution in [2.75, 3.05) is 6.54 Å². The van der Waals surface area contributed by atoms with Gasteiger partial charge in [-0.3, -0.25) is 4.79 Å². The topological polar surface area (TPSA) is 55.1 Å². The molecule has 0 aliphatic carbocycles. The van der Waals surface area contributed by atoms with Crippen molar-refractivity contribution in [1.82, 2.24) is 5.32 Å². The number of carbonyl (C=O) groups is 1. The molecule has 0 saturated carbocycles. The molecule has 1 heterocycles. The Morgan fingerprint density at radius 1 is 1.26 bits per heavy atom. The van der Waals surface area contributed by atoms with Crippen LogP contribution in [0.25, 0.3) is 0 Å². The first-order chi connectivity index (χ1) is 9.31. The molecular formula is C15H14N2OS. The van der Waals surface area contributed by atoms with Crippen molar-refractivity contribution in [2.24, 2.45) is 5.73 Å². The molecule has 0 unspecified atom stereocenters. The van der Waals surface area contributed by atoms with E-state index in [9.17, 15) is 4.79 Å². The molecule has 0 saturated heterocycles. The lowest BCUT2D eigenvalue weighted by Gasteiger charge is -2.05. The molecule has 1 aromatic carbocycles. The second kappa shape index (κ2) is 6.74. The Labute approximate surface area is 116 Å². The first-order valence-electron chi connectivity index (χ1n) is 5.90. The fourth-order valence-corrected chi connectivity index (χ4v) is 2.26. The predicted molar refractivity (Wildman–Crippen MR) is 77.9 cm³/mol. The molecule has 4 heteroatoms. The highest BCUT2D eigenvalue weighted by atomic mass is 32.1. The van der Waals surface area contributed by atoms with Gasteiger partial charge < -0.3 is 11.1 Å². The fraction of sp³-hybridized carbons (Fsp3) is 0.133. The van der Waals surface area contributed by atoms with E-state index in [1.807, 2.05) is 35.7 Å². The summed E-state index contributed by atoms with van der Waals surface area (Å²) >= 11 is 1.62. The van der Waals surface area contributed by atoms with Crippen LogP contribution in [0.2, 0.25) is 0 Å². The van der Waals surface area contributed by atoms with Gasteiger partial charge in [0.25, 0.3) is 5.91 Å². The minimum atomic E-state index is -0.115. The lowest BCUT2D eigenvalue weighted by atomic mass is 10.1. The van der Waals surface area contributed by atoms with Crippen LogP contribution in [0.4, 0.5) is 0 Å². The average molecular weight is 270 g/mol. The standard InChI is InChI=1S/C15H14N2OS/c16-9-3-6-12-5-1-2-8-14(12)15(18)17-11-13-7-4-10-19-13/h1-2,4-5,7-8,10H,9,11,16H2,(H,17,18). The molecular weight excluding hydrogens is 256 g/mol. The van der Waals surface area contributed by atoms with Crippen molar-refractivity contribution in [1.29, 1.82) is 0 Å². The number of rotatable bonds is 3. The van der Waals surface area contributed by atoms with E-state index in [2.05, 4.69) is 17.2 Å². The van der Waals surface area contributed by atoms with E-state index in [0.29, 0.717) is 17.7 Å². The third-order valence-corrected chi connectivity index (χ3v) is 3.38. The molecule has 1 amide bonds.